The average molecular weight is 252 g/mol. The molecule has 1 spiro atoms. The van der Waals surface area contributed by atoms with Crippen molar-refractivity contribution in [2.75, 3.05) is 19.6 Å². The Hall–Kier alpha value is -0.770. The molecule has 2 aliphatic rings. The summed E-state index contributed by atoms with van der Waals surface area (Å²) in [6.45, 7) is 12.3. The van der Waals surface area contributed by atoms with Crippen LogP contribution in [0.3, 0.4) is 0 Å². The molecule has 104 valence electrons. The van der Waals surface area contributed by atoms with Crippen molar-refractivity contribution in [3.8, 4) is 0 Å². The van der Waals surface area contributed by atoms with E-state index in [1.54, 1.807) is 0 Å². The summed E-state index contributed by atoms with van der Waals surface area (Å²) in [5.41, 5.74) is 6.33. The fraction of sp³-hybridized carbons (Fsp3) is 0.929. The fourth-order valence-electron chi connectivity index (χ4n) is 3.36. The number of rotatable bonds is 3. The highest BCUT2D eigenvalue weighted by molar-refractivity contribution is 5.81. The number of likely N-dealkylation sites (tertiary alicyclic amines) is 1. The van der Waals surface area contributed by atoms with Gasteiger partial charge in [0.15, 0.2) is 5.96 Å². The van der Waals surface area contributed by atoms with Crippen molar-refractivity contribution in [1.82, 2.24) is 9.80 Å². The molecule has 2 rings (SSSR count). The van der Waals surface area contributed by atoms with Crippen LogP contribution in [0.4, 0.5) is 0 Å². The van der Waals surface area contributed by atoms with Gasteiger partial charge in [0.2, 0.25) is 0 Å². The average Bonchev–Trinajstić information content (AvgIpc) is 2.66. The van der Waals surface area contributed by atoms with Crippen molar-refractivity contribution < 1.29 is 0 Å². The molecule has 2 heterocycles. The Morgan fingerprint density at radius 2 is 1.89 bits per heavy atom. The second-order valence-corrected chi connectivity index (χ2v) is 6.16. The van der Waals surface area contributed by atoms with Gasteiger partial charge in [-0.25, -0.2) is 0 Å². The van der Waals surface area contributed by atoms with Gasteiger partial charge in [0, 0.05) is 25.2 Å². The van der Waals surface area contributed by atoms with Gasteiger partial charge in [-0.3, -0.25) is 4.99 Å². The molecule has 1 unspecified atom stereocenters. The minimum atomic E-state index is 0.213. The number of hydrogen-bond donors (Lipinski definition) is 1. The molecule has 0 aromatic heterocycles. The molecule has 1 atom stereocenters. The van der Waals surface area contributed by atoms with Gasteiger partial charge in [0.1, 0.15) is 0 Å². The minimum absolute atomic E-state index is 0.213. The monoisotopic (exact) mass is 252 g/mol. The summed E-state index contributed by atoms with van der Waals surface area (Å²) in [4.78, 5) is 9.51. The van der Waals surface area contributed by atoms with Gasteiger partial charge in [-0.05, 0) is 40.0 Å². The van der Waals surface area contributed by atoms with Crippen molar-refractivity contribution >= 4 is 5.96 Å². The molecular weight excluding hydrogens is 224 g/mol. The van der Waals surface area contributed by atoms with E-state index >= 15 is 0 Å². The van der Waals surface area contributed by atoms with Gasteiger partial charge in [-0.2, -0.15) is 0 Å². The molecule has 0 saturated carbocycles. The second kappa shape index (κ2) is 5.08. The van der Waals surface area contributed by atoms with E-state index in [4.69, 9.17) is 5.73 Å². The Kier molecular flexibility index (Phi) is 3.85. The van der Waals surface area contributed by atoms with E-state index in [-0.39, 0.29) is 5.54 Å². The second-order valence-electron chi connectivity index (χ2n) is 6.16. The molecule has 0 aliphatic carbocycles. The van der Waals surface area contributed by atoms with Crippen molar-refractivity contribution in [1.29, 1.82) is 0 Å². The largest absolute Gasteiger partial charge is 0.370 e. The third kappa shape index (κ3) is 2.22. The summed E-state index contributed by atoms with van der Waals surface area (Å²) in [7, 11) is 0. The molecular formula is C14H28N4. The molecule has 0 aromatic rings. The summed E-state index contributed by atoms with van der Waals surface area (Å²) in [5.74, 6) is 0.766. The van der Waals surface area contributed by atoms with Crippen molar-refractivity contribution in [3.63, 3.8) is 0 Å². The van der Waals surface area contributed by atoms with E-state index in [2.05, 4.69) is 42.5 Å². The quantitative estimate of drug-likeness (QED) is 0.831. The van der Waals surface area contributed by atoms with Gasteiger partial charge in [-0.1, -0.05) is 6.92 Å². The Labute approximate surface area is 111 Å². The normalized spacial score (nSPS) is 25.8. The summed E-state index contributed by atoms with van der Waals surface area (Å²) in [6.07, 6.45) is 3.52. The van der Waals surface area contributed by atoms with Crippen LogP contribution in [0.2, 0.25) is 0 Å². The molecule has 0 amide bonds. The van der Waals surface area contributed by atoms with Crippen LogP contribution in [0.5, 0.6) is 0 Å². The molecule has 1 saturated heterocycles. The van der Waals surface area contributed by atoms with Crippen LogP contribution in [0.1, 0.15) is 47.0 Å². The van der Waals surface area contributed by atoms with Gasteiger partial charge in [0.25, 0.3) is 0 Å². The Morgan fingerprint density at radius 1 is 1.28 bits per heavy atom. The van der Waals surface area contributed by atoms with Crippen LogP contribution in [-0.4, -0.2) is 53.0 Å². The van der Waals surface area contributed by atoms with Crippen molar-refractivity contribution in [3.05, 3.63) is 0 Å². The summed E-state index contributed by atoms with van der Waals surface area (Å²) in [5, 5.41) is 0. The SMILES string of the molecule is CCC(C)N1C(N)=NCC12CCN(C(C)C)CC2. The summed E-state index contributed by atoms with van der Waals surface area (Å²) < 4.78 is 0. The molecule has 4 heteroatoms. The first-order chi connectivity index (χ1) is 8.50. The standard InChI is InChI=1S/C14H28N4/c1-5-12(4)18-13(15)16-10-14(18)6-8-17(9-7-14)11(2)3/h11-12H,5-10H2,1-4H3,(H2,15,16). The molecule has 0 bridgehead atoms. The van der Waals surface area contributed by atoms with E-state index in [1.165, 1.54) is 25.9 Å². The zero-order chi connectivity index (χ0) is 13.3. The lowest BCUT2D eigenvalue weighted by Gasteiger charge is -2.48. The number of nitrogens with two attached hydrogens (primary N) is 1. The summed E-state index contributed by atoms with van der Waals surface area (Å²) >= 11 is 0. The van der Waals surface area contributed by atoms with Crippen LogP contribution in [-0.2, 0) is 0 Å². The van der Waals surface area contributed by atoms with E-state index < -0.39 is 0 Å². The Balaban J connectivity index is 2.09. The Bertz CT molecular complexity index is 316. The van der Waals surface area contributed by atoms with Crippen molar-refractivity contribution in [2.45, 2.75) is 64.6 Å². The van der Waals surface area contributed by atoms with Gasteiger partial charge < -0.3 is 15.5 Å². The van der Waals surface area contributed by atoms with Crippen LogP contribution < -0.4 is 5.73 Å². The maximum Gasteiger partial charge on any atom is 0.192 e. The third-order valence-electron chi connectivity index (χ3n) is 4.78. The van der Waals surface area contributed by atoms with E-state index in [0.29, 0.717) is 12.1 Å². The van der Waals surface area contributed by atoms with Gasteiger partial charge in [0.05, 0.1) is 12.1 Å². The zero-order valence-electron chi connectivity index (χ0n) is 12.3. The maximum atomic E-state index is 6.12. The molecule has 2 aliphatic heterocycles. The fourth-order valence-corrected chi connectivity index (χ4v) is 3.36. The predicted octanol–water partition coefficient (Wildman–Crippen LogP) is 1.66. The smallest absolute Gasteiger partial charge is 0.192 e. The van der Waals surface area contributed by atoms with Crippen LogP contribution in [0.25, 0.3) is 0 Å². The first-order valence-electron chi connectivity index (χ1n) is 7.33. The van der Waals surface area contributed by atoms with Crippen LogP contribution in [0, 0.1) is 0 Å². The number of piperidine rings is 1. The first-order valence-corrected chi connectivity index (χ1v) is 7.33. The lowest BCUT2D eigenvalue weighted by molar-refractivity contribution is 0.0520. The number of guanidine groups is 1. The first kappa shape index (κ1) is 13.7. The molecule has 2 N–H and O–H groups in total. The van der Waals surface area contributed by atoms with Gasteiger partial charge >= 0.3 is 0 Å². The van der Waals surface area contributed by atoms with E-state index in [0.717, 1.165) is 18.9 Å². The minimum Gasteiger partial charge on any atom is -0.370 e. The highest BCUT2D eigenvalue weighted by Crippen LogP contribution is 2.35. The molecule has 0 aromatic carbocycles. The maximum absolute atomic E-state index is 6.12. The Morgan fingerprint density at radius 3 is 2.39 bits per heavy atom. The van der Waals surface area contributed by atoms with Crippen LogP contribution >= 0.6 is 0 Å². The highest BCUT2D eigenvalue weighted by atomic mass is 15.4. The molecule has 0 radical (unpaired) electrons. The van der Waals surface area contributed by atoms with Crippen LogP contribution in [0.15, 0.2) is 4.99 Å². The van der Waals surface area contributed by atoms with E-state index in [1.807, 2.05) is 0 Å². The van der Waals surface area contributed by atoms with Gasteiger partial charge in [-0.15, -0.1) is 0 Å². The van der Waals surface area contributed by atoms with E-state index in [9.17, 15) is 0 Å². The number of nitrogens with zero attached hydrogens (tertiary/aromatic N) is 3. The highest BCUT2D eigenvalue weighted by Gasteiger charge is 2.45. The summed E-state index contributed by atoms with van der Waals surface area (Å²) in [6, 6.07) is 1.15. The lowest BCUT2D eigenvalue weighted by Crippen LogP contribution is -2.60. The van der Waals surface area contributed by atoms with Crippen molar-refractivity contribution in [2.24, 2.45) is 10.7 Å². The number of aliphatic imine (C=N–C) groups is 1. The topological polar surface area (TPSA) is 44.9 Å². The lowest BCUT2D eigenvalue weighted by atomic mass is 9.85. The third-order valence-corrected chi connectivity index (χ3v) is 4.78. The zero-order valence-corrected chi connectivity index (χ0v) is 12.3. The molecule has 1 fully saturated rings. The number of hydrogen-bond acceptors (Lipinski definition) is 4. The predicted molar refractivity (Wildman–Crippen MR) is 76.8 cm³/mol. The molecule has 4 nitrogen and oxygen atoms in total. The molecule has 18 heavy (non-hydrogen) atoms.